The van der Waals surface area contributed by atoms with Crippen molar-refractivity contribution in [3.05, 3.63) is 28.5 Å². The predicted molar refractivity (Wildman–Crippen MR) is 69.4 cm³/mol. The van der Waals surface area contributed by atoms with Gasteiger partial charge in [0.05, 0.1) is 17.9 Å². The fourth-order valence-electron chi connectivity index (χ4n) is 1.32. The van der Waals surface area contributed by atoms with Crippen LogP contribution in [0.3, 0.4) is 0 Å². The molecule has 7 nitrogen and oxygen atoms in total. The molecule has 3 aromatic rings. The lowest BCUT2D eigenvalue weighted by molar-refractivity contribution is 0.414. The molecule has 0 saturated heterocycles. The lowest BCUT2D eigenvalue weighted by Crippen LogP contribution is -1.95. The van der Waals surface area contributed by atoms with Crippen LogP contribution in [0, 0.1) is 0 Å². The number of hydrogen-bond donors (Lipinski definition) is 1. The second kappa shape index (κ2) is 5.51. The zero-order valence-corrected chi connectivity index (χ0v) is 11.3. The Kier molecular flexibility index (Phi) is 3.58. The molecular formula is C10H9N5O2S2. The second-order valence-corrected chi connectivity index (χ2v) is 5.19. The number of nitrogens with zero attached hydrogens (tertiary/aromatic N) is 4. The summed E-state index contributed by atoms with van der Waals surface area (Å²) in [5, 5.41) is 15.9. The van der Waals surface area contributed by atoms with Crippen LogP contribution in [0.15, 0.2) is 31.0 Å². The van der Waals surface area contributed by atoms with Gasteiger partial charge in [-0.15, -0.1) is 10.2 Å². The molecule has 3 heterocycles. The van der Waals surface area contributed by atoms with Crippen molar-refractivity contribution in [3.63, 3.8) is 0 Å². The van der Waals surface area contributed by atoms with E-state index in [1.54, 1.807) is 11.3 Å². The van der Waals surface area contributed by atoms with Gasteiger partial charge >= 0.3 is 0 Å². The smallest absolute Gasteiger partial charge is 0.277 e. The summed E-state index contributed by atoms with van der Waals surface area (Å²) >= 11 is 2.92. The van der Waals surface area contributed by atoms with Crippen LogP contribution >= 0.6 is 23.1 Å². The number of aromatic nitrogens is 4. The number of thioether (sulfide) groups is 1. The van der Waals surface area contributed by atoms with Crippen molar-refractivity contribution in [2.45, 2.75) is 17.5 Å². The van der Waals surface area contributed by atoms with Gasteiger partial charge < -0.3 is 14.7 Å². The average Bonchev–Trinajstić information content (AvgIpc) is 3.16. The quantitative estimate of drug-likeness (QED) is 0.712. The molecule has 3 aromatic heterocycles. The fraction of sp³-hybridized carbons (Fsp3) is 0.200. The van der Waals surface area contributed by atoms with E-state index in [1.165, 1.54) is 11.8 Å². The van der Waals surface area contributed by atoms with Gasteiger partial charge in [-0.1, -0.05) is 16.9 Å². The Bertz CT molecular complexity index is 648. The molecule has 3 rings (SSSR count). The van der Waals surface area contributed by atoms with Gasteiger partial charge in [0.25, 0.3) is 11.1 Å². The number of nitrogens with two attached hydrogens (primary N) is 1. The van der Waals surface area contributed by atoms with Crippen molar-refractivity contribution < 1.29 is 8.94 Å². The van der Waals surface area contributed by atoms with Gasteiger partial charge in [0.1, 0.15) is 0 Å². The molecule has 0 aliphatic rings. The zero-order chi connectivity index (χ0) is 13.1. The Morgan fingerprint density at radius 2 is 2.32 bits per heavy atom. The van der Waals surface area contributed by atoms with Crippen LogP contribution in [-0.4, -0.2) is 20.3 Å². The molecule has 2 N–H and O–H groups in total. The largest absolute Gasteiger partial charge is 0.415 e. The van der Waals surface area contributed by atoms with E-state index in [0.29, 0.717) is 28.6 Å². The Labute approximate surface area is 116 Å². The van der Waals surface area contributed by atoms with Gasteiger partial charge in [-0.05, 0) is 11.4 Å². The Balaban J connectivity index is 1.64. The molecular weight excluding hydrogens is 286 g/mol. The first kappa shape index (κ1) is 12.3. The van der Waals surface area contributed by atoms with Crippen LogP contribution in [0.4, 0.5) is 0 Å². The van der Waals surface area contributed by atoms with Crippen LogP contribution in [0.5, 0.6) is 0 Å². The van der Waals surface area contributed by atoms with Gasteiger partial charge in [0.15, 0.2) is 5.82 Å². The molecule has 0 radical (unpaired) electrons. The third-order valence-corrected chi connectivity index (χ3v) is 3.68. The molecule has 0 bridgehead atoms. The molecule has 19 heavy (non-hydrogen) atoms. The summed E-state index contributed by atoms with van der Waals surface area (Å²) in [6.07, 6.45) is 0. The van der Waals surface area contributed by atoms with E-state index in [1.807, 2.05) is 16.8 Å². The number of hydrogen-bond acceptors (Lipinski definition) is 9. The Hall–Kier alpha value is -1.71. The van der Waals surface area contributed by atoms with Crippen molar-refractivity contribution in [1.82, 2.24) is 20.3 Å². The van der Waals surface area contributed by atoms with Crippen LogP contribution < -0.4 is 5.73 Å². The highest BCUT2D eigenvalue weighted by atomic mass is 32.2. The molecule has 0 aliphatic heterocycles. The zero-order valence-electron chi connectivity index (χ0n) is 9.65. The van der Waals surface area contributed by atoms with Crippen molar-refractivity contribution >= 4 is 23.1 Å². The highest BCUT2D eigenvalue weighted by molar-refractivity contribution is 7.98. The van der Waals surface area contributed by atoms with Crippen LogP contribution in [0.2, 0.25) is 0 Å². The monoisotopic (exact) mass is 295 g/mol. The van der Waals surface area contributed by atoms with Crippen LogP contribution in [0.25, 0.3) is 11.5 Å². The molecule has 98 valence electrons. The van der Waals surface area contributed by atoms with E-state index in [9.17, 15) is 0 Å². The summed E-state index contributed by atoms with van der Waals surface area (Å²) in [6.45, 7) is 0.234. The van der Waals surface area contributed by atoms with Crippen molar-refractivity contribution in [2.24, 2.45) is 5.73 Å². The summed E-state index contributed by atoms with van der Waals surface area (Å²) in [4.78, 5) is 4.29. The SMILES string of the molecule is NCc1nnc(SCc2noc(-c3ccsc3)n2)o1. The van der Waals surface area contributed by atoms with Gasteiger partial charge in [0, 0.05) is 5.38 Å². The molecule has 0 amide bonds. The summed E-state index contributed by atoms with van der Waals surface area (Å²) in [5.74, 6) is 2.01. The standard InChI is InChI=1S/C10H9N5O2S2/c11-3-8-13-14-10(16-8)19-5-7-12-9(17-15-7)6-1-2-18-4-6/h1-2,4H,3,5,11H2. The van der Waals surface area contributed by atoms with E-state index < -0.39 is 0 Å². The maximum Gasteiger partial charge on any atom is 0.277 e. The average molecular weight is 295 g/mol. The lowest BCUT2D eigenvalue weighted by atomic mass is 10.3. The molecule has 0 fully saturated rings. The predicted octanol–water partition coefficient (Wildman–Crippen LogP) is 1.93. The van der Waals surface area contributed by atoms with E-state index in [-0.39, 0.29) is 6.54 Å². The number of rotatable bonds is 5. The molecule has 0 saturated carbocycles. The first-order valence-corrected chi connectivity index (χ1v) is 7.28. The van der Waals surface area contributed by atoms with Gasteiger partial charge in [-0.25, -0.2) is 0 Å². The highest BCUT2D eigenvalue weighted by Crippen LogP contribution is 2.23. The Morgan fingerprint density at radius 1 is 1.37 bits per heavy atom. The first-order valence-electron chi connectivity index (χ1n) is 5.35. The maximum atomic E-state index is 5.38. The van der Waals surface area contributed by atoms with Gasteiger partial charge in [-0.3, -0.25) is 0 Å². The van der Waals surface area contributed by atoms with Gasteiger partial charge in [-0.2, -0.15) is 16.3 Å². The molecule has 0 unspecified atom stereocenters. The first-order chi connectivity index (χ1) is 9.35. The molecule has 0 spiro atoms. The van der Waals surface area contributed by atoms with E-state index in [4.69, 9.17) is 14.7 Å². The Morgan fingerprint density at radius 3 is 3.05 bits per heavy atom. The summed E-state index contributed by atoms with van der Waals surface area (Å²) in [6, 6.07) is 1.93. The summed E-state index contributed by atoms with van der Waals surface area (Å²) < 4.78 is 10.4. The third kappa shape index (κ3) is 2.83. The highest BCUT2D eigenvalue weighted by Gasteiger charge is 2.11. The molecule has 9 heteroatoms. The molecule has 0 atom stereocenters. The normalized spacial score (nSPS) is 11.0. The fourth-order valence-corrected chi connectivity index (χ4v) is 2.57. The van der Waals surface area contributed by atoms with Crippen LogP contribution in [0.1, 0.15) is 11.7 Å². The van der Waals surface area contributed by atoms with Crippen molar-refractivity contribution in [1.29, 1.82) is 0 Å². The minimum atomic E-state index is 0.234. The topological polar surface area (TPSA) is 104 Å². The minimum Gasteiger partial charge on any atom is -0.415 e. The summed E-state index contributed by atoms with van der Waals surface area (Å²) in [5.41, 5.74) is 6.31. The van der Waals surface area contributed by atoms with Crippen LogP contribution in [-0.2, 0) is 12.3 Å². The second-order valence-electron chi connectivity index (χ2n) is 3.48. The summed E-state index contributed by atoms with van der Waals surface area (Å²) in [7, 11) is 0. The van der Waals surface area contributed by atoms with E-state index >= 15 is 0 Å². The maximum absolute atomic E-state index is 5.38. The van der Waals surface area contributed by atoms with E-state index in [2.05, 4.69) is 20.3 Å². The van der Waals surface area contributed by atoms with E-state index in [0.717, 1.165) is 5.56 Å². The van der Waals surface area contributed by atoms with Crippen molar-refractivity contribution in [3.8, 4) is 11.5 Å². The van der Waals surface area contributed by atoms with Crippen molar-refractivity contribution in [2.75, 3.05) is 0 Å². The molecule has 0 aliphatic carbocycles. The molecule has 0 aromatic carbocycles. The minimum absolute atomic E-state index is 0.234. The lowest BCUT2D eigenvalue weighted by Gasteiger charge is -1.89. The third-order valence-electron chi connectivity index (χ3n) is 2.18. The van der Waals surface area contributed by atoms with Gasteiger partial charge in [0.2, 0.25) is 5.89 Å². The number of thiophene rings is 1.